The zero-order valence-corrected chi connectivity index (χ0v) is 22.0. The van der Waals surface area contributed by atoms with E-state index in [9.17, 15) is 36.2 Å². The van der Waals surface area contributed by atoms with Crippen molar-refractivity contribution < 1.29 is 36.2 Å². The normalized spacial score (nSPS) is 12.6. The zero-order valence-electron chi connectivity index (χ0n) is 22.0. The Hall–Kier alpha value is -3.81. The summed E-state index contributed by atoms with van der Waals surface area (Å²) in [4.78, 5) is 15.5. The number of aliphatic carboxylic acids is 1. The summed E-state index contributed by atoms with van der Waals surface area (Å²) in [6, 6.07) is 0.986. The molecule has 0 fully saturated rings. The molecule has 2 aromatic rings. The number of hydrogen-bond donors (Lipinski definition) is 1. The summed E-state index contributed by atoms with van der Waals surface area (Å²) in [6.07, 6.45) is -3.92. The van der Waals surface area contributed by atoms with Gasteiger partial charge in [0.15, 0.2) is 5.82 Å². The van der Waals surface area contributed by atoms with Crippen molar-refractivity contribution in [2.75, 3.05) is 0 Å². The van der Waals surface area contributed by atoms with Crippen molar-refractivity contribution >= 4 is 12.2 Å². The Bertz CT molecular complexity index is 1160. The van der Waals surface area contributed by atoms with Gasteiger partial charge in [-0.3, -0.25) is 0 Å². The summed E-state index contributed by atoms with van der Waals surface area (Å²) in [5, 5.41) is 13.5. The largest absolute Gasteiger partial charge is 0.478 e. The number of hydrogen-bond acceptors (Lipinski definition) is 3. The summed E-state index contributed by atoms with van der Waals surface area (Å²) in [7, 11) is 0. The van der Waals surface area contributed by atoms with Gasteiger partial charge < -0.3 is 5.11 Å². The van der Waals surface area contributed by atoms with E-state index in [0.29, 0.717) is 18.6 Å². The fraction of sp³-hybridized carbons (Fsp3) is 0.370. The molecule has 0 spiro atoms. The quantitative estimate of drug-likeness (QED) is 0.131. The molecule has 0 radical (unpaired) electrons. The molecule has 0 amide bonds. The first-order valence-corrected chi connectivity index (χ1v) is 11.6. The van der Waals surface area contributed by atoms with Gasteiger partial charge in [-0.25, -0.2) is 14.5 Å². The van der Waals surface area contributed by atoms with Gasteiger partial charge in [-0.05, 0) is 38.0 Å². The smallest absolute Gasteiger partial charge is 0.416 e. The number of allylic oxidation sites excluding steroid dienone is 2. The van der Waals surface area contributed by atoms with Gasteiger partial charge >= 0.3 is 18.3 Å². The molecule has 1 heterocycles. The first-order valence-electron chi connectivity index (χ1n) is 11.6. The predicted octanol–water partition coefficient (Wildman–Crippen LogP) is 8.12. The molecule has 38 heavy (non-hydrogen) atoms. The van der Waals surface area contributed by atoms with Crippen LogP contribution in [0.5, 0.6) is 0 Å². The summed E-state index contributed by atoms with van der Waals surface area (Å²) < 4.78 is 79.5. The average molecular weight is 544 g/mol. The van der Waals surface area contributed by atoms with Gasteiger partial charge in [0.1, 0.15) is 6.33 Å². The van der Waals surface area contributed by atoms with E-state index >= 15 is 0 Å². The van der Waals surface area contributed by atoms with Crippen molar-refractivity contribution in [3.05, 3.63) is 65.5 Å². The molecule has 208 valence electrons. The standard InChI is InChI=1S/C22H19F6N3O2.C3H6.C2H6/c1-4-6-14(7-13(3)5-2)18(20(32)33)11-31-12-29-19(30-31)15-8-16(21(23,24)25)10-17(9-15)22(26,27)28;1-3-2;1-2/h7-13H,5H2,1-3H3,(H,32,33);3H,1H2,2H3;1-2H3/b14-7+,18-11+;;. The second-order valence-corrected chi connectivity index (χ2v) is 7.44. The van der Waals surface area contributed by atoms with Gasteiger partial charge in [0.2, 0.25) is 0 Å². The molecular formula is C27H31F6N3O2. The van der Waals surface area contributed by atoms with E-state index < -0.39 is 40.8 Å². The van der Waals surface area contributed by atoms with Crippen molar-refractivity contribution in [1.82, 2.24) is 14.8 Å². The molecule has 1 aromatic carbocycles. The third kappa shape index (κ3) is 10.7. The molecule has 1 aromatic heterocycles. The molecule has 0 aliphatic heterocycles. The van der Waals surface area contributed by atoms with Crippen LogP contribution in [0.15, 0.2) is 54.4 Å². The Kier molecular flexibility index (Phi) is 13.9. The Labute approximate surface area is 218 Å². The average Bonchev–Trinajstić information content (AvgIpc) is 3.31. The van der Waals surface area contributed by atoms with Crippen molar-refractivity contribution in [1.29, 1.82) is 0 Å². The third-order valence-corrected chi connectivity index (χ3v) is 4.49. The zero-order chi connectivity index (χ0) is 29.7. The van der Waals surface area contributed by atoms with E-state index in [1.54, 1.807) is 12.2 Å². The number of alkyl halides is 6. The van der Waals surface area contributed by atoms with Crippen LogP contribution in [0.4, 0.5) is 26.3 Å². The lowest BCUT2D eigenvalue weighted by Crippen LogP contribution is -2.11. The maximum atomic E-state index is 13.1. The number of benzene rings is 1. The van der Waals surface area contributed by atoms with Crippen LogP contribution in [0.2, 0.25) is 0 Å². The van der Waals surface area contributed by atoms with Gasteiger partial charge in [0, 0.05) is 17.3 Å². The SMILES string of the molecule is C=CC.CC.CC#CC(=C\C(C)CC)/C(=C\n1cnc(-c2cc(C(F)(F)F)cc(C(F)(F)F)c2)n1)C(=O)O. The lowest BCUT2D eigenvalue weighted by molar-refractivity contribution is -0.143. The molecular weight excluding hydrogens is 512 g/mol. The number of carboxylic acid groups (broad SMARTS) is 1. The van der Waals surface area contributed by atoms with E-state index in [2.05, 4.69) is 28.5 Å². The van der Waals surface area contributed by atoms with Crippen LogP contribution in [0.1, 0.15) is 59.1 Å². The molecule has 0 aliphatic rings. The summed E-state index contributed by atoms with van der Waals surface area (Å²) in [6.45, 7) is 14.5. The number of rotatable bonds is 6. The van der Waals surface area contributed by atoms with Crippen molar-refractivity contribution in [2.24, 2.45) is 5.92 Å². The first kappa shape index (κ1) is 34.2. The minimum Gasteiger partial charge on any atom is -0.478 e. The second kappa shape index (κ2) is 15.4. The molecule has 2 rings (SSSR count). The van der Waals surface area contributed by atoms with E-state index in [4.69, 9.17) is 0 Å². The molecule has 1 atom stereocenters. The lowest BCUT2D eigenvalue weighted by atomic mass is 10.00. The molecule has 0 aliphatic carbocycles. The van der Waals surface area contributed by atoms with Crippen molar-refractivity contribution in [3.8, 4) is 23.2 Å². The van der Waals surface area contributed by atoms with Crippen molar-refractivity contribution in [3.63, 3.8) is 0 Å². The molecule has 0 bridgehead atoms. The second-order valence-electron chi connectivity index (χ2n) is 7.44. The Morgan fingerprint density at radius 2 is 1.63 bits per heavy atom. The number of carbonyl (C=O) groups is 1. The van der Waals surface area contributed by atoms with Gasteiger partial charge in [0.25, 0.3) is 0 Å². The van der Waals surface area contributed by atoms with Gasteiger partial charge in [-0.15, -0.1) is 17.6 Å². The maximum absolute atomic E-state index is 13.1. The van der Waals surface area contributed by atoms with Crippen LogP contribution in [-0.2, 0) is 17.1 Å². The summed E-state index contributed by atoms with van der Waals surface area (Å²) >= 11 is 0. The Morgan fingerprint density at radius 3 is 2.03 bits per heavy atom. The highest BCUT2D eigenvalue weighted by molar-refractivity contribution is 5.96. The van der Waals surface area contributed by atoms with Crippen LogP contribution in [0.3, 0.4) is 0 Å². The van der Waals surface area contributed by atoms with Gasteiger partial charge in [-0.1, -0.05) is 52.2 Å². The third-order valence-electron chi connectivity index (χ3n) is 4.49. The van der Waals surface area contributed by atoms with Crippen LogP contribution >= 0.6 is 0 Å². The van der Waals surface area contributed by atoms with Crippen LogP contribution in [0, 0.1) is 17.8 Å². The number of halogens is 6. The highest BCUT2D eigenvalue weighted by Crippen LogP contribution is 2.38. The van der Waals surface area contributed by atoms with Crippen molar-refractivity contribution in [2.45, 2.75) is 60.3 Å². The van der Waals surface area contributed by atoms with Gasteiger partial charge in [0.05, 0.1) is 16.7 Å². The lowest BCUT2D eigenvalue weighted by Gasteiger charge is -2.13. The molecule has 11 heteroatoms. The summed E-state index contributed by atoms with van der Waals surface area (Å²) in [5.41, 5.74) is -3.62. The minimum atomic E-state index is -5.02. The molecule has 0 saturated carbocycles. The maximum Gasteiger partial charge on any atom is 0.416 e. The molecule has 1 unspecified atom stereocenters. The highest BCUT2D eigenvalue weighted by Gasteiger charge is 2.37. The topological polar surface area (TPSA) is 68.0 Å². The molecule has 1 N–H and O–H groups in total. The fourth-order valence-corrected chi connectivity index (χ4v) is 2.66. The highest BCUT2D eigenvalue weighted by atomic mass is 19.4. The molecule has 5 nitrogen and oxygen atoms in total. The fourth-order valence-electron chi connectivity index (χ4n) is 2.66. The van der Waals surface area contributed by atoms with E-state index in [1.807, 2.05) is 34.6 Å². The predicted molar refractivity (Wildman–Crippen MR) is 136 cm³/mol. The van der Waals surface area contributed by atoms with Gasteiger partial charge in [-0.2, -0.15) is 26.3 Å². The first-order chi connectivity index (χ1) is 17.7. The summed E-state index contributed by atoms with van der Waals surface area (Å²) in [5.74, 6) is 3.51. The number of nitrogens with zero attached hydrogens (tertiary/aromatic N) is 3. The van der Waals surface area contributed by atoms with Crippen LogP contribution in [-0.4, -0.2) is 25.8 Å². The molecule has 0 saturated heterocycles. The monoisotopic (exact) mass is 543 g/mol. The Morgan fingerprint density at radius 1 is 1.13 bits per heavy atom. The Balaban J connectivity index is 0.00000255. The number of aromatic nitrogens is 3. The minimum absolute atomic E-state index is 0.000746. The van der Waals surface area contributed by atoms with E-state index in [-0.39, 0.29) is 23.1 Å². The van der Waals surface area contributed by atoms with Crippen LogP contribution in [0.25, 0.3) is 17.6 Å². The van der Waals surface area contributed by atoms with E-state index in [0.717, 1.165) is 17.2 Å². The number of carboxylic acids is 1. The van der Waals surface area contributed by atoms with E-state index in [1.165, 1.54) is 6.92 Å². The van der Waals surface area contributed by atoms with Crippen LogP contribution < -0.4 is 0 Å².